The zero-order chi connectivity index (χ0) is 25.2. The van der Waals surface area contributed by atoms with Gasteiger partial charge in [0, 0.05) is 22.7 Å². The number of ether oxygens (including phenoxy) is 3. The molecule has 2 atom stereocenters. The molecule has 4 rings (SSSR count). The molecule has 1 fully saturated rings. The van der Waals surface area contributed by atoms with Gasteiger partial charge in [-0.2, -0.15) is 0 Å². The van der Waals surface area contributed by atoms with E-state index in [4.69, 9.17) is 14.2 Å². The van der Waals surface area contributed by atoms with Gasteiger partial charge >= 0.3 is 6.09 Å². The molecule has 1 amide bonds. The van der Waals surface area contributed by atoms with E-state index in [-0.39, 0.29) is 6.09 Å². The summed E-state index contributed by atoms with van der Waals surface area (Å²) in [7, 11) is 3.25. The number of rotatable bonds is 9. The van der Waals surface area contributed by atoms with Crippen molar-refractivity contribution in [3.05, 3.63) is 42.2 Å². The lowest BCUT2D eigenvalue weighted by Crippen LogP contribution is -2.35. The Morgan fingerprint density at radius 3 is 2.63 bits per heavy atom. The van der Waals surface area contributed by atoms with E-state index in [0.29, 0.717) is 35.2 Å². The monoisotopic (exact) mass is 478 g/mol. The minimum Gasteiger partial charge on any atom is -0.496 e. The molecule has 1 N–H and O–H groups in total. The largest absolute Gasteiger partial charge is 0.496 e. The van der Waals surface area contributed by atoms with Gasteiger partial charge in [0.1, 0.15) is 29.2 Å². The smallest absolute Gasteiger partial charge is 0.415 e. The molecule has 0 aliphatic carbocycles. The van der Waals surface area contributed by atoms with Crippen LogP contribution >= 0.6 is 0 Å². The van der Waals surface area contributed by atoms with E-state index in [9.17, 15) is 4.79 Å². The first-order chi connectivity index (χ1) is 16.8. The molecule has 35 heavy (non-hydrogen) atoms. The fraction of sp³-hybridized carbons (Fsp3) is 0.444. The Labute approximate surface area is 206 Å². The number of fused-ring (bicyclic) bond motifs is 1. The van der Waals surface area contributed by atoms with E-state index in [0.717, 1.165) is 41.6 Å². The molecule has 2 unspecified atom stereocenters. The van der Waals surface area contributed by atoms with Crippen LogP contribution in [0.2, 0.25) is 0 Å². The van der Waals surface area contributed by atoms with Crippen LogP contribution in [0.25, 0.3) is 10.9 Å². The lowest BCUT2D eigenvalue weighted by atomic mass is 9.87. The SMILES string of the molecule is CCC(C)CC1(CC)CN(c2cc3c(Nc4cccc(OC)c4C)ncnc3cc2OC)C(=O)O1. The van der Waals surface area contributed by atoms with Crippen LogP contribution in [0.4, 0.5) is 22.0 Å². The first-order valence-corrected chi connectivity index (χ1v) is 12.1. The summed E-state index contributed by atoms with van der Waals surface area (Å²) in [5, 5.41) is 4.18. The van der Waals surface area contributed by atoms with Crippen LogP contribution in [0.3, 0.4) is 0 Å². The number of methoxy groups -OCH3 is 2. The molecule has 0 saturated carbocycles. The van der Waals surface area contributed by atoms with Gasteiger partial charge in [-0.05, 0) is 43.9 Å². The summed E-state index contributed by atoms with van der Waals surface area (Å²) in [4.78, 5) is 23.7. The maximum atomic E-state index is 13.1. The van der Waals surface area contributed by atoms with Gasteiger partial charge in [0.25, 0.3) is 0 Å². The van der Waals surface area contributed by atoms with E-state index in [1.165, 1.54) is 6.33 Å². The number of nitrogens with one attached hydrogen (secondary N) is 1. The number of nitrogens with zero attached hydrogens (tertiary/aromatic N) is 3. The number of carbonyl (C=O) groups excluding carboxylic acids is 1. The number of hydrogen-bond acceptors (Lipinski definition) is 7. The highest BCUT2D eigenvalue weighted by Gasteiger charge is 2.45. The van der Waals surface area contributed by atoms with Crippen molar-refractivity contribution in [1.29, 1.82) is 0 Å². The van der Waals surface area contributed by atoms with Gasteiger partial charge < -0.3 is 19.5 Å². The summed E-state index contributed by atoms with van der Waals surface area (Å²) in [5.74, 6) is 2.43. The molecule has 3 aromatic rings. The van der Waals surface area contributed by atoms with Crippen molar-refractivity contribution in [3.63, 3.8) is 0 Å². The highest BCUT2D eigenvalue weighted by Crippen LogP contribution is 2.42. The van der Waals surface area contributed by atoms with Crippen LogP contribution in [-0.2, 0) is 4.74 Å². The zero-order valence-electron chi connectivity index (χ0n) is 21.3. The average molecular weight is 479 g/mol. The summed E-state index contributed by atoms with van der Waals surface area (Å²) >= 11 is 0. The standard InChI is InChI=1S/C27H34N4O4/c1-7-17(3)14-27(8-2)15-31(26(32)35-27)22-12-19-21(13-24(22)34-6)28-16-29-25(19)30-20-10-9-11-23(33-5)18(20)4/h9-13,16-17H,7-8,14-15H2,1-6H3,(H,28,29,30). The van der Waals surface area contributed by atoms with Crippen LogP contribution in [0, 0.1) is 12.8 Å². The Hall–Kier alpha value is -3.55. The average Bonchev–Trinajstić information content (AvgIpc) is 3.20. The van der Waals surface area contributed by atoms with Crippen LogP contribution in [0.5, 0.6) is 11.5 Å². The molecule has 1 aliphatic heterocycles. The predicted molar refractivity (Wildman–Crippen MR) is 138 cm³/mol. The molecule has 1 aliphatic rings. The summed E-state index contributed by atoms with van der Waals surface area (Å²) in [6.07, 6.45) is 3.76. The van der Waals surface area contributed by atoms with Crippen LogP contribution in [-0.4, -0.2) is 42.4 Å². The molecular formula is C27H34N4O4. The second-order valence-corrected chi connectivity index (χ2v) is 9.23. The van der Waals surface area contributed by atoms with E-state index < -0.39 is 5.60 Å². The van der Waals surface area contributed by atoms with Crippen molar-refractivity contribution in [3.8, 4) is 11.5 Å². The first-order valence-electron chi connectivity index (χ1n) is 12.1. The third-order valence-corrected chi connectivity index (χ3v) is 7.02. The van der Waals surface area contributed by atoms with Crippen molar-refractivity contribution in [2.24, 2.45) is 5.92 Å². The number of amides is 1. The normalized spacial score (nSPS) is 18.5. The summed E-state index contributed by atoms with van der Waals surface area (Å²) < 4.78 is 17.1. The fourth-order valence-electron chi connectivity index (χ4n) is 4.67. The Balaban J connectivity index is 1.76. The third kappa shape index (κ3) is 4.70. The van der Waals surface area contributed by atoms with E-state index >= 15 is 0 Å². The van der Waals surface area contributed by atoms with E-state index in [1.54, 1.807) is 19.1 Å². The Morgan fingerprint density at radius 2 is 1.94 bits per heavy atom. The molecule has 1 aromatic heterocycles. The minimum atomic E-state index is -0.515. The number of aromatic nitrogens is 2. The number of carbonyl (C=O) groups is 1. The van der Waals surface area contributed by atoms with Crippen LogP contribution < -0.4 is 19.7 Å². The molecule has 0 radical (unpaired) electrons. The number of benzene rings is 2. The maximum absolute atomic E-state index is 13.1. The minimum absolute atomic E-state index is 0.359. The van der Waals surface area contributed by atoms with E-state index in [2.05, 4.69) is 36.1 Å². The molecule has 0 bridgehead atoms. The summed E-state index contributed by atoms with van der Waals surface area (Å²) in [6.45, 7) is 8.89. The van der Waals surface area contributed by atoms with Crippen LogP contribution in [0.15, 0.2) is 36.7 Å². The van der Waals surface area contributed by atoms with Gasteiger partial charge in [0.15, 0.2) is 0 Å². The topological polar surface area (TPSA) is 85.8 Å². The van der Waals surface area contributed by atoms with Crippen molar-refractivity contribution in [2.75, 3.05) is 31.0 Å². The van der Waals surface area contributed by atoms with Gasteiger partial charge in [-0.25, -0.2) is 14.8 Å². The van der Waals surface area contributed by atoms with Gasteiger partial charge in [-0.1, -0.05) is 33.3 Å². The quantitative estimate of drug-likeness (QED) is 0.389. The maximum Gasteiger partial charge on any atom is 0.415 e. The van der Waals surface area contributed by atoms with Crippen molar-refractivity contribution < 1.29 is 19.0 Å². The summed E-state index contributed by atoms with van der Waals surface area (Å²) in [6, 6.07) is 9.55. The number of anilines is 3. The van der Waals surface area contributed by atoms with Gasteiger partial charge in [0.2, 0.25) is 0 Å². The fourth-order valence-corrected chi connectivity index (χ4v) is 4.67. The van der Waals surface area contributed by atoms with Crippen molar-refractivity contribution in [2.45, 2.75) is 52.6 Å². The molecule has 186 valence electrons. The van der Waals surface area contributed by atoms with E-state index in [1.807, 2.05) is 37.3 Å². The van der Waals surface area contributed by atoms with Gasteiger partial charge in [-0.3, -0.25) is 4.90 Å². The Bertz CT molecular complexity index is 1230. The third-order valence-electron chi connectivity index (χ3n) is 7.02. The van der Waals surface area contributed by atoms with Gasteiger partial charge in [0.05, 0.1) is 32.0 Å². The predicted octanol–water partition coefficient (Wildman–Crippen LogP) is 6.24. The Morgan fingerprint density at radius 1 is 1.17 bits per heavy atom. The molecule has 1 saturated heterocycles. The molecule has 8 heteroatoms. The van der Waals surface area contributed by atoms with Gasteiger partial charge in [-0.15, -0.1) is 0 Å². The highest BCUT2D eigenvalue weighted by molar-refractivity contribution is 6.00. The second-order valence-electron chi connectivity index (χ2n) is 9.23. The first kappa shape index (κ1) is 24.6. The molecule has 0 spiro atoms. The highest BCUT2D eigenvalue weighted by atomic mass is 16.6. The number of cyclic esters (lactones) is 1. The lowest BCUT2D eigenvalue weighted by molar-refractivity contribution is 0.0339. The second kappa shape index (κ2) is 9.98. The molecule has 2 heterocycles. The number of hydrogen-bond donors (Lipinski definition) is 1. The zero-order valence-corrected chi connectivity index (χ0v) is 21.3. The summed E-state index contributed by atoms with van der Waals surface area (Å²) in [5.41, 5.74) is 2.68. The molecule has 2 aromatic carbocycles. The molecular weight excluding hydrogens is 444 g/mol. The van der Waals surface area contributed by atoms with Crippen molar-refractivity contribution in [1.82, 2.24) is 9.97 Å². The van der Waals surface area contributed by atoms with Crippen LogP contribution in [0.1, 0.15) is 45.6 Å². The van der Waals surface area contributed by atoms with Crippen molar-refractivity contribution >= 4 is 34.2 Å². The molecule has 8 nitrogen and oxygen atoms in total. The lowest BCUT2D eigenvalue weighted by Gasteiger charge is -2.28. The Kier molecular flexibility index (Phi) is 7.00.